The average molecular weight is 400 g/mol. The molecule has 156 valence electrons. The van der Waals surface area contributed by atoms with Gasteiger partial charge in [-0.2, -0.15) is 0 Å². The van der Waals surface area contributed by atoms with Crippen LogP contribution in [0.4, 0.5) is 0 Å². The fraction of sp³-hybridized carbons (Fsp3) is 0.905. The van der Waals surface area contributed by atoms with Crippen LogP contribution in [0.15, 0.2) is 0 Å². The van der Waals surface area contributed by atoms with E-state index in [9.17, 15) is 9.59 Å². The second-order valence-corrected chi connectivity index (χ2v) is 8.70. The van der Waals surface area contributed by atoms with Crippen molar-refractivity contribution in [1.82, 2.24) is 15.5 Å². The maximum atomic E-state index is 12.8. The van der Waals surface area contributed by atoms with Crippen LogP contribution in [-0.4, -0.2) is 49.4 Å². The Bertz CT molecular complexity index is 466. The summed E-state index contributed by atoms with van der Waals surface area (Å²) in [6.45, 7) is 2.95. The summed E-state index contributed by atoms with van der Waals surface area (Å²) in [4.78, 5) is 27.2. The van der Waals surface area contributed by atoms with Crippen LogP contribution in [-0.2, 0) is 9.59 Å². The van der Waals surface area contributed by atoms with E-state index in [2.05, 4.69) is 15.5 Å². The van der Waals surface area contributed by atoms with Crippen molar-refractivity contribution in [2.75, 3.05) is 26.7 Å². The van der Waals surface area contributed by atoms with E-state index in [0.717, 1.165) is 76.9 Å². The highest BCUT2D eigenvalue weighted by Gasteiger charge is 2.32. The number of amides is 2. The number of hydrogen-bond donors (Lipinski definition) is 2. The van der Waals surface area contributed by atoms with Gasteiger partial charge in [0.15, 0.2) is 0 Å². The van der Waals surface area contributed by atoms with Crippen molar-refractivity contribution in [2.45, 2.75) is 76.7 Å². The number of carbonyl (C=O) groups is 2. The first-order valence-electron chi connectivity index (χ1n) is 10.9. The monoisotopic (exact) mass is 399 g/mol. The summed E-state index contributed by atoms with van der Waals surface area (Å²) in [6, 6.07) is 0.291. The Morgan fingerprint density at radius 3 is 2.11 bits per heavy atom. The van der Waals surface area contributed by atoms with Gasteiger partial charge in [0.2, 0.25) is 11.8 Å². The van der Waals surface area contributed by atoms with E-state index in [4.69, 9.17) is 0 Å². The van der Waals surface area contributed by atoms with Gasteiger partial charge in [0.1, 0.15) is 0 Å². The molecule has 0 unspecified atom stereocenters. The minimum Gasteiger partial charge on any atom is -0.353 e. The third kappa shape index (κ3) is 6.35. The third-order valence-corrected chi connectivity index (χ3v) is 6.88. The lowest BCUT2D eigenvalue weighted by Gasteiger charge is -2.36. The number of halogens is 1. The van der Waals surface area contributed by atoms with E-state index in [0.29, 0.717) is 11.9 Å². The largest absolute Gasteiger partial charge is 0.353 e. The maximum Gasteiger partial charge on any atom is 0.225 e. The van der Waals surface area contributed by atoms with Gasteiger partial charge in [0.25, 0.3) is 0 Å². The van der Waals surface area contributed by atoms with Crippen LogP contribution in [0.25, 0.3) is 0 Å². The molecule has 5 nitrogen and oxygen atoms in total. The summed E-state index contributed by atoms with van der Waals surface area (Å²) >= 11 is 0. The quantitative estimate of drug-likeness (QED) is 0.721. The SMILES string of the molecule is CNCCC1CCN(C(=O)C2CCC(NC(=O)C3CCCC3)CC2)CC1.Cl. The van der Waals surface area contributed by atoms with Gasteiger partial charge < -0.3 is 15.5 Å². The summed E-state index contributed by atoms with van der Waals surface area (Å²) in [6.07, 6.45) is 11.9. The first-order valence-corrected chi connectivity index (χ1v) is 10.9. The number of rotatable bonds is 6. The molecule has 0 atom stereocenters. The predicted molar refractivity (Wildman–Crippen MR) is 111 cm³/mol. The van der Waals surface area contributed by atoms with Gasteiger partial charge >= 0.3 is 0 Å². The first-order chi connectivity index (χ1) is 12.7. The predicted octanol–water partition coefficient (Wildman–Crippen LogP) is 3.12. The number of nitrogens with zero attached hydrogens (tertiary/aromatic N) is 1. The lowest BCUT2D eigenvalue weighted by atomic mass is 9.84. The van der Waals surface area contributed by atoms with Crippen molar-refractivity contribution in [1.29, 1.82) is 0 Å². The molecule has 0 aromatic rings. The number of carbonyl (C=O) groups excluding carboxylic acids is 2. The summed E-state index contributed by atoms with van der Waals surface area (Å²) < 4.78 is 0. The molecule has 0 bridgehead atoms. The average Bonchev–Trinajstić information content (AvgIpc) is 3.22. The van der Waals surface area contributed by atoms with Crippen LogP contribution in [0.2, 0.25) is 0 Å². The molecule has 0 spiro atoms. The van der Waals surface area contributed by atoms with Crippen molar-refractivity contribution in [3.05, 3.63) is 0 Å². The van der Waals surface area contributed by atoms with E-state index < -0.39 is 0 Å². The smallest absolute Gasteiger partial charge is 0.225 e. The Hall–Kier alpha value is -0.810. The summed E-state index contributed by atoms with van der Waals surface area (Å²) in [7, 11) is 2.01. The molecular formula is C21H38ClN3O2. The van der Waals surface area contributed by atoms with E-state index in [-0.39, 0.29) is 30.2 Å². The zero-order chi connectivity index (χ0) is 18.4. The number of piperidine rings is 1. The molecule has 1 heterocycles. The lowest BCUT2D eigenvalue weighted by Crippen LogP contribution is -2.45. The fourth-order valence-corrected chi connectivity index (χ4v) is 5.04. The Morgan fingerprint density at radius 1 is 0.889 bits per heavy atom. The van der Waals surface area contributed by atoms with E-state index >= 15 is 0 Å². The van der Waals surface area contributed by atoms with E-state index in [1.807, 2.05) is 7.05 Å². The van der Waals surface area contributed by atoms with E-state index in [1.165, 1.54) is 19.3 Å². The van der Waals surface area contributed by atoms with Crippen LogP contribution in [0, 0.1) is 17.8 Å². The molecular weight excluding hydrogens is 362 g/mol. The third-order valence-electron chi connectivity index (χ3n) is 6.88. The van der Waals surface area contributed by atoms with Crippen LogP contribution in [0.3, 0.4) is 0 Å². The molecule has 0 radical (unpaired) electrons. The second-order valence-electron chi connectivity index (χ2n) is 8.70. The van der Waals surface area contributed by atoms with Gasteiger partial charge in [-0.1, -0.05) is 12.8 Å². The van der Waals surface area contributed by atoms with Gasteiger partial charge in [-0.3, -0.25) is 9.59 Å². The van der Waals surface area contributed by atoms with Gasteiger partial charge in [-0.05, 0) is 77.3 Å². The van der Waals surface area contributed by atoms with Crippen molar-refractivity contribution in [2.24, 2.45) is 17.8 Å². The van der Waals surface area contributed by atoms with Crippen LogP contribution in [0.5, 0.6) is 0 Å². The second kappa shape index (κ2) is 11.3. The summed E-state index contributed by atoms with van der Waals surface area (Å²) in [5, 5.41) is 6.48. The molecule has 2 amide bonds. The van der Waals surface area contributed by atoms with Crippen LogP contribution in [0.1, 0.15) is 70.6 Å². The van der Waals surface area contributed by atoms with Crippen molar-refractivity contribution in [3.8, 4) is 0 Å². The van der Waals surface area contributed by atoms with Crippen molar-refractivity contribution in [3.63, 3.8) is 0 Å². The summed E-state index contributed by atoms with van der Waals surface area (Å²) in [5.74, 6) is 1.84. The molecule has 3 aliphatic rings. The van der Waals surface area contributed by atoms with Gasteiger partial charge in [-0.15, -0.1) is 12.4 Å². The van der Waals surface area contributed by atoms with Crippen LogP contribution >= 0.6 is 12.4 Å². The maximum absolute atomic E-state index is 12.8. The molecule has 2 saturated carbocycles. The Balaban J connectivity index is 0.00000261. The molecule has 3 fully saturated rings. The number of likely N-dealkylation sites (tertiary alicyclic amines) is 1. The Labute approximate surface area is 170 Å². The molecule has 27 heavy (non-hydrogen) atoms. The standard InChI is InChI=1S/C21H37N3O2.ClH/c1-22-13-10-16-11-14-24(15-12-16)21(26)18-6-8-19(9-7-18)23-20(25)17-4-2-3-5-17;/h16-19,22H,2-15H2,1H3,(H,23,25);1H. The minimum atomic E-state index is 0. The zero-order valence-corrected chi connectivity index (χ0v) is 17.7. The van der Waals surface area contributed by atoms with Gasteiger partial charge in [0, 0.05) is 31.0 Å². The molecule has 0 aromatic carbocycles. The van der Waals surface area contributed by atoms with Crippen molar-refractivity contribution >= 4 is 24.2 Å². The van der Waals surface area contributed by atoms with Gasteiger partial charge in [0.05, 0.1) is 0 Å². The van der Waals surface area contributed by atoms with Crippen molar-refractivity contribution < 1.29 is 9.59 Å². The number of nitrogens with one attached hydrogen (secondary N) is 2. The summed E-state index contributed by atoms with van der Waals surface area (Å²) in [5.41, 5.74) is 0. The Morgan fingerprint density at radius 2 is 1.52 bits per heavy atom. The molecule has 1 saturated heterocycles. The normalized spacial score (nSPS) is 27.2. The van der Waals surface area contributed by atoms with Crippen LogP contribution < -0.4 is 10.6 Å². The number of hydrogen-bond acceptors (Lipinski definition) is 3. The molecule has 3 rings (SSSR count). The highest BCUT2D eigenvalue weighted by atomic mass is 35.5. The molecule has 6 heteroatoms. The first kappa shape index (κ1) is 22.5. The lowest BCUT2D eigenvalue weighted by molar-refractivity contribution is -0.138. The minimum absolute atomic E-state index is 0. The van der Waals surface area contributed by atoms with E-state index in [1.54, 1.807) is 0 Å². The highest BCUT2D eigenvalue weighted by molar-refractivity contribution is 5.85. The molecule has 2 N–H and O–H groups in total. The fourth-order valence-electron chi connectivity index (χ4n) is 5.04. The topological polar surface area (TPSA) is 61.4 Å². The molecule has 0 aromatic heterocycles. The molecule has 2 aliphatic carbocycles. The zero-order valence-electron chi connectivity index (χ0n) is 16.9. The van der Waals surface area contributed by atoms with Gasteiger partial charge in [-0.25, -0.2) is 0 Å². The highest BCUT2D eigenvalue weighted by Crippen LogP contribution is 2.30. The Kier molecular flexibility index (Phi) is 9.37. The molecule has 1 aliphatic heterocycles.